The summed E-state index contributed by atoms with van der Waals surface area (Å²) in [6.45, 7) is 2.33. The third kappa shape index (κ3) is 3.83. The molecule has 1 aliphatic rings. The van der Waals surface area contributed by atoms with Crippen LogP contribution >= 0.6 is 0 Å². The van der Waals surface area contributed by atoms with Gasteiger partial charge in [-0.25, -0.2) is 0 Å². The molecular weight excluding hydrogens is 324 g/mol. The number of fused-ring (bicyclic) bond motifs is 1. The first kappa shape index (κ1) is 16.9. The van der Waals surface area contributed by atoms with E-state index in [4.69, 9.17) is 10.5 Å². The molecule has 5 nitrogen and oxygen atoms in total. The quantitative estimate of drug-likeness (QED) is 0.621. The van der Waals surface area contributed by atoms with Gasteiger partial charge in [0.2, 0.25) is 0 Å². The Balaban J connectivity index is 1.51. The van der Waals surface area contributed by atoms with Crippen molar-refractivity contribution in [2.45, 2.75) is 32.1 Å². The number of aryl methyl sites for hydroxylation is 1. The van der Waals surface area contributed by atoms with Gasteiger partial charge in [0.1, 0.15) is 11.5 Å². The van der Waals surface area contributed by atoms with Gasteiger partial charge in [-0.2, -0.15) is 5.10 Å². The molecule has 2 heterocycles. The molecule has 3 aromatic rings. The molecule has 1 aromatic heterocycles. The van der Waals surface area contributed by atoms with E-state index in [1.807, 2.05) is 30.3 Å². The maximum Gasteiger partial charge on any atom is 0.156 e. The molecule has 2 aromatic carbocycles. The summed E-state index contributed by atoms with van der Waals surface area (Å²) in [7, 11) is 0. The van der Waals surface area contributed by atoms with E-state index < -0.39 is 0 Å². The van der Waals surface area contributed by atoms with Crippen molar-refractivity contribution < 1.29 is 4.74 Å². The molecule has 0 radical (unpaired) electrons. The topological polar surface area (TPSA) is 76.0 Å². The van der Waals surface area contributed by atoms with E-state index in [-0.39, 0.29) is 0 Å². The molecule has 0 unspecified atom stereocenters. The lowest BCUT2D eigenvalue weighted by molar-refractivity contribution is 0.347. The standard InChI is InChI=1S/C21H26N4O/c22-21-20-18(24-25-21)13-16(6-4-5-15-9-11-23-12-10-15)14-19(20)26-17-7-2-1-3-8-17/h1-3,7-8,13-15,23H,4-6,9-12H2,(H3,22,24,25). The molecule has 0 spiro atoms. The highest BCUT2D eigenvalue weighted by Gasteiger charge is 2.15. The molecule has 136 valence electrons. The lowest BCUT2D eigenvalue weighted by Gasteiger charge is -2.22. The number of nitrogen functional groups attached to an aromatic ring is 1. The van der Waals surface area contributed by atoms with Gasteiger partial charge < -0.3 is 15.8 Å². The highest BCUT2D eigenvalue weighted by atomic mass is 16.5. The van der Waals surface area contributed by atoms with Crippen molar-refractivity contribution in [3.8, 4) is 11.5 Å². The van der Waals surface area contributed by atoms with E-state index in [1.54, 1.807) is 0 Å². The van der Waals surface area contributed by atoms with Crippen molar-refractivity contribution in [3.05, 3.63) is 48.0 Å². The van der Waals surface area contributed by atoms with Gasteiger partial charge >= 0.3 is 0 Å². The minimum atomic E-state index is 0.479. The van der Waals surface area contributed by atoms with E-state index >= 15 is 0 Å². The van der Waals surface area contributed by atoms with Crippen molar-refractivity contribution in [2.75, 3.05) is 18.8 Å². The first-order valence-corrected chi connectivity index (χ1v) is 9.49. The number of hydrogen-bond acceptors (Lipinski definition) is 4. The SMILES string of the molecule is Nc1n[nH]c2cc(CCCC3CCNCC3)cc(Oc3ccccc3)c12. The van der Waals surface area contributed by atoms with Crippen LogP contribution in [-0.4, -0.2) is 23.3 Å². The second-order valence-corrected chi connectivity index (χ2v) is 7.13. The van der Waals surface area contributed by atoms with Gasteiger partial charge in [-0.1, -0.05) is 24.6 Å². The minimum Gasteiger partial charge on any atom is -0.457 e. The lowest BCUT2D eigenvalue weighted by Crippen LogP contribution is -2.27. The second kappa shape index (κ2) is 7.79. The Morgan fingerprint density at radius 3 is 2.73 bits per heavy atom. The van der Waals surface area contributed by atoms with Crippen LogP contribution < -0.4 is 15.8 Å². The van der Waals surface area contributed by atoms with E-state index in [0.29, 0.717) is 5.82 Å². The minimum absolute atomic E-state index is 0.479. The number of nitrogens with two attached hydrogens (primary N) is 1. The van der Waals surface area contributed by atoms with E-state index in [2.05, 4.69) is 27.6 Å². The van der Waals surface area contributed by atoms with Gasteiger partial charge in [-0.05, 0) is 74.5 Å². The summed E-state index contributed by atoms with van der Waals surface area (Å²) in [6, 6.07) is 14.1. The molecule has 4 rings (SSSR count). The largest absolute Gasteiger partial charge is 0.457 e. The fraction of sp³-hybridized carbons (Fsp3) is 0.381. The molecule has 0 atom stereocenters. The monoisotopic (exact) mass is 350 g/mol. The molecule has 0 saturated carbocycles. The number of nitrogens with one attached hydrogen (secondary N) is 2. The predicted octanol–water partition coefficient (Wildman–Crippen LogP) is 4.26. The first-order valence-electron chi connectivity index (χ1n) is 9.49. The summed E-state index contributed by atoms with van der Waals surface area (Å²) < 4.78 is 6.12. The van der Waals surface area contributed by atoms with Crippen LogP contribution in [0.4, 0.5) is 5.82 Å². The number of piperidine rings is 1. The van der Waals surface area contributed by atoms with Crippen LogP contribution in [-0.2, 0) is 6.42 Å². The molecular formula is C21H26N4O. The number of aromatic amines is 1. The third-order valence-corrected chi connectivity index (χ3v) is 5.22. The fourth-order valence-electron chi connectivity index (χ4n) is 3.81. The van der Waals surface area contributed by atoms with Crippen molar-refractivity contribution >= 4 is 16.7 Å². The third-order valence-electron chi connectivity index (χ3n) is 5.22. The molecule has 0 aliphatic carbocycles. The van der Waals surface area contributed by atoms with E-state index in [1.165, 1.54) is 44.3 Å². The van der Waals surface area contributed by atoms with Crippen LogP contribution in [0.5, 0.6) is 11.5 Å². The number of H-pyrrole nitrogens is 1. The number of rotatable bonds is 6. The van der Waals surface area contributed by atoms with Gasteiger partial charge in [0.25, 0.3) is 0 Å². The second-order valence-electron chi connectivity index (χ2n) is 7.13. The predicted molar refractivity (Wildman–Crippen MR) is 106 cm³/mol. The fourth-order valence-corrected chi connectivity index (χ4v) is 3.81. The van der Waals surface area contributed by atoms with Crippen LogP contribution in [0.1, 0.15) is 31.2 Å². The Morgan fingerprint density at radius 2 is 1.92 bits per heavy atom. The molecule has 1 aliphatic heterocycles. The highest BCUT2D eigenvalue weighted by Crippen LogP contribution is 2.34. The number of anilines is 1. The maximum absolute atomic E-state index is 6.12. The van der Waals surface area contributed by atoms with E-state index in [0.717, 1.165) is 34.7 Å². The number of ether oxygens (including phenoxy) is 1. The van der Waals surface area contributed by atoms with Crippen molar-refractivity contribution in [2.24, 2.45) is 5.92 Å². The Kier molecular flexibility index (Phi) is 5.07. The summed E-state index contributed by atoms with van der Waals surface area (Å²) in [5.74, 6) is 2.92. The summed E-state index contributed by atoms with van der Waals surface area (Å²) in [5, 5.41) is 11.5. The van der Waals surface area contributed by atoms with Crippen LogP contribution in [0.15, 0.2) is 42.5 Å². The molecule has 0 bridgehead atoms. The molecule has 5 heteroatoms. The van der Waals surface area contributed by atoms with Gasteiger partial charge in [0.05, 0.1) is 10.9 Å². The van der Waals surface area contributed by atoms with Gasteiger partial charge in [-0.15, -0.1) is 0 Å². The zero-order valence-corrected chi connectivity index (χ0v) is 15.0. The van der Waals surface area contributed by atoms with Gasteiger partial charge in [0.15, 0.2) is 5.82 Å². The molecule has 1 fully saturated rings. The number of para-hydroxylation sites is 1. The number of aromatic nitrogens is 2. The van der Waals surface area contributed by atoms with E-state index in [9.17, 15) is 0 Å². The zero-order chi connectivity index (χ0) is 17.8. The number of nitrogens with zero attached hydrogens (tertiary/aromatic N) is 1. The van der Waals surface area contributed by atoms with Gasteiger partial charge in [0, 0.05) is 0 Å². The molecule has 0 amide bonds. The molecule has 1 saturated heterocycles. The molecule has 26 heavy (non-hydrogen) atoms. The average molecular weight is 350 g/mol. The average Bonchev–Trinajstić information content (AvgIpc) is 3.05. The van der Waals surface area contributed by atoms with Crippen molar-refractivity contribution in [1.82, 2.24) is 15.5 Å². The summed E-state index contributed by atoms with van der Waals surface area (Å²) in [6.07, 6.45) is 6.14. The number of hydrogen-bond donors (Lipinski definition) is 3. The van der Waals surface area contributed by atoms with Crippen LogP contribution in [0.25, 0.3) is 10.9 Å². The van der Waals surface area contributed by atoms with Crippen LogP contribution in [0, 0.1) is 5.92 Å². The van der Waals surface area contributed by atoms with Crippen LogP contribution in [0.2, 0.25) is 0 Å². The Bertz CT molecular complexity index is 853. The Morgan fingerprint density at radius 1 is 1.12 bits per heavy atom. The summed E-state index contributed by atoms with van der Waals surface area (Å²) in [4.78, 5) is 0. The highest BCUT2D eigenvalue weighted by molar-refractivity contribution is 5.95. The Labute approximate surface area is 153 Å². The Hall–Kier alpha value is -2.53. The molecule has 4 N–H and O–H groups in total. The van der Waals surface area contributed by atoms with Crippen molar-refractivity contribution in [1.29, 1.82) is 0 Å². The lowest BCUT2D eigenvalue weighted by atomic mass is 9.91. The summed E-state index contributed by atoms with van der Waals surface area (Å²) in [5.41, 5.74) is 8.25. The zero-order valence-electron chi connectivity index (χ0n) is 15.0. The maximum atomic E-state index is 6.12. The number of benzene rings is 2. The first-order chi connectivity index (χ1) is 12.8. The summed E-state index contributed by atoms with van der Waals surface area (Å²) >= 11 is 0. The van der Waals surface area contributed by atoms with Crippen LogP contribution in [0.3, 0.4) is 0 Å². The van der Waals surface area contributed by atoms with Crippen molar-refractivity contribution in [3.63, 3.8) is 0 Å². The normalized spacial score (nSPS) is 15.4. The van der Waals surface area contributed by atoms with Gasteiger partial charge in [-0.3, -0.25) is 5.10 Å². The smallest absolute Gasteiger partial charge is 0.156 e.